The summed E-state index contributed by atoms with van der Waals surface area (Å²) < 4.78 is 13.9. The molecule has 0 aromatic heterocycles. The summed E-state index contributed by atoms with van der Waals surface area (Å²) in [4.78, 5) is 12.1. The van der Waals surface area contributed by atoms with Crippen LogP contribution in [0.3, 0.4) is 0 Å². The van der Waals surface area contributed by atoms with Crippen LogP contribution in [0.4, 0.5) is 4.39 Å². The molecule has 1 N–H and O–H groups in total. The molecule has 0 spiro atoms. The summed E-state index contributed by atoms with van der Waals surface area (Å²) in [5.41, 5.74) is 2.24. The minimum absolute atomic E-state index is 0.164. The van der Waals surface area contributed by atoms with E-state index < -0.39 is 0 Å². The lowest BCUT2D eigenvalue weighted by molar-refractivity contribution is 0.0950. The number of rotatable bonds is 3. The van der Waals surface area contributed by atoms with Gasteiger partial charge < -0.3 is 5.32 Å². The molecule has 0 bridgehead atoms. The van der Waals surface area contributed by atoms with Crippen LogP contribution in [0, 0.1) is 12.7 Å². The number of halogens is 2. The number of amides is 1. The Balaban J connectivity index is 2.08. The van der Waals surface area contributed by atoms with Crippen LogP contribution in [-0.2, 0) is 6.54 Å². The zero-order chi connectivity index (χ0) is 13.8. The van der Waals surface area contributed by atoms with Crippen molar-refractivity contribution in [1.29, 1.82) is 0 Å². The van der Waals surface area contributed by atoms with E-state index in [-0.39, 0.29) is 11.7 Å². The van der Waals surface area contributed by atoms with E-state index in [2.05, 4.69) is 21.2 Å². The zero-order valence-corrected chi connectivity index (χ0v) is 12.0. The first-order valence-corrected chi connectivity index (χ1v) is 6.65. The fraction of sp³-hybridized carbons (Fsp3) is 0.133. The molecule has 4 heteroatoms. The first-order valence-electron chi connectivity index (χ1n) is 5.85. The Labute approximate surface area is 119 Å². The summed E-state index contributed by atoms with van der Waals surface area (Å²) in [7, 11) is 0. The maximum absolute atomic E-state index is 13.0. The van der Waals surface area contributed by atoms with E-state index in [0.717, 1.165) is 15.6 Å². The van der Waals surface area contributed by atoms with E-state index in [0.29, 0.717) is 12.1 Å². The van der Waals surface area contributed by atoms with Gasteiger partial charge in [-0.3, -0.25) is 4.79 Å². The van der Waals surface area contributed by atoms with Crippen molar-refractivity contribution in [1.82, 2.24) is 5.32 Å². The van der Waals surface area contributed by atoms with Gasteiger partial charge in [-0.25, -0.2) is 4.39 Å². The largest absolute Gasteiger partial charge is 0.348 e. The Hall–Kier alpha value is -1.68. The smallest absolute Gasteiger partial charge is 0.251 e. The number of benzene rings is 2. The highest BCUT2D eigenvalue weighted by molar-refractivity contribution is 9.10. The molecule has 2 aromatic rings. The SMILES string of the molecule is Cc1c(Br)cccc1C(=O)NCc1cccc(F)c1. The van der Waals surface area contributed by atoms with Gasteiger partial charge in [-0.15, -0.1) is 0 Å². The van der Waals surface area contributed by atoms with Gasteiger partial charge in [0.25, 0.3) is 5.91 Å². The summed E-state index contributed by atoms with van der Waals surface area (Å²) in [6, 6.07) is 11.7. The number of hydrogen-bond donors (Lipinski definition) is 1. The third-order valence-electron chi connectivity index (χ3n) is 2.85. The lowest BCUT2D eigenvalue weighted by atomic mass is 10.1. The van der Waals surface area contributed by atoms with Crippen molar-refractivity contribution >= 4 is 21.8 Å². The third-order valence-corrected chi connectivity index (χ3v) is 3.71. The minimum atomic E-state index is -0.301. The third kappa shape index (κ3) is 3.41. The number of carbonyl (C=O) groups is 1. The van der Waals surface area contributed by atoms with Crippen molar-refractivity contribution in [2.45, 2.75) is 13.5 Å². The van der Waals surface area contributed by atoms with Crippen LogP contribution in [0.2, 0.25) is 0 Å². The van der Waals surface area contributed by atoms with E-state index in [4.69, 9.17) is 0 Å². The molecule has 0 aliphatic rings. The van der Waals surface area contributed by atoms with Crippen LogP contribution in [-0.4, -0.2) is 5.91 Å². The Kier molecular flexibility index (Phi) is 4.32. The summed E-state index contributed by atoms with van der Waals surface area (Å²) in [6.07, 6.45) is 0. The van der Waals surface area contributed by atoms with Crippen molar-refractivity contribution in [3.8, 4) is 0 Å². The van der Waals surface area contributed by atoms with Crippen molar-refractivity contribution in [2.75, 3.05) is 0 Å². The monoisotopic (exact) mass is 321 g/mol. The Morgan fingerprint density at radius 2 is 2.00 bits per heavy atom. The van der Waals surface area contributed by atoms with Gasteiger partial charge in [0.15, 0.2) is 0 Å². The molecule has 0 aliphatic carbocycles. The van der Waals surface area contributed by atoms with E-state index in [1.54, 1.807) is 18.2 Å². The number of hydrogen-bond acceptors (Lipinski definition) is 1. The van der Waals surface area contributed by atoms with E-state index in [1.165, 1.54) is 12.1 Å². The van der Waals surface area contributed by atoms with Gasteiger partial charge in [0.1, 0.15) is 5.82 Å². The summed E-state index contributed by atoms with van der Waals surface area (Å²) in [5, 5.41) is 2.78. The molecule has 2 aromatic carbocycles. The number of carbonyl (C=O) groups excluding carboxylic acids is 1. The Bertz CT molecular complexity index is 613. The quantitative estimate of drug-likeness (QED) is 0.914. The molecule has 19 heavy (non-hydrogen) atoms. The molecule has 98 valence electrons. The van der Waals surface area contributed by atoms with Gasteiger partial charge in [-0.05, 0) is 42.3 Å². The van der Waals surface area contributed by atoms with E-state index in [9.17, 15) is 9.18 Å². The Morgan fingerprint density at radius 3 is 2.74 bits per heavy atom. The molecular weight excluding hydrogens is 309 g/mol. The van der Waals surface area contributed by atoms with Gasteiger partial charge >= 0.3 is 0 Å². The lowest BCUT2D eigenvalue weighted by Gasteiger charge is -2.09. The van der Waals surface area contributed by atoms with Gasteiger partial charge in [0, 0.05) is 16.6 Å². The Morgan fingerprint density at radius 1 is 1.26 bits per heavy atom. The van der Waals surface area contributed by atoms with Gasteiger partial charge in [-0.2, -0.15) is 0 Å². The van der Waals surface area contributed by atoms with E-state index in [1.807, 2.05) is 19.1 Å². The molecule has 0 saturated carbocycles. The highest BCUT2D eigenvalue weighted by Gasteiger charge is 2.10. The van der Waals surface area contributed by atoms with E-state index >= 15 is 0 Å². The summed E-state index contributed by atoms with van der Waals surface area (Å²) >= 11 is 3.39. The van der Waals surface area contributed by atoms with Crippen molar-refractivity contribution in [3.63, 3.8) is 0 Å². The first kappa shape index (κ1) is 13.7. The average Bonchev–Trinajstić information content (AvgIpc) is 2.39. The van der Waals surface area contributed by atoms with Crippen LogP contribution in [0.25, 0.3) is 0 Å². The van der Waals surface area contributed by atoms with Crippen molar-refractivity contribution in [3.05, 3.63) is 69.4 Å². The van der Waals surface area contributed by atoms with Crippen molar-refractivity contribution in [2.24, 2.45) is 0 Å². The fourth-order valence-corrected chi connectivity index (χ4v) is 2.14. The van der Waals surface area contributed by atoms with Crippen LogP contribution in [0.5, 0.6) is 0 Å². The minimum Gasteiger partial charge on any atom is -0.348 e. The molecule has 0 atom stereocenters. The molecule has 0 fully saturated rings. The van der Waals surface area contributed by atoms with Crippen LogP contribution < -0.4 is 5.32 Å². The standard InChI is InChI=1S/C15H13BrFNO/c1-10-13(6-3-7-14(10)16)15(19)18-9-11-4-2-5-12(17)8-11/h2-8H,9H2,1H3,(H,18,19). The van der Waals surface area contributed by atoms with Crippen LogP contribution >= 0.6 is 15.9 Å². The molecule has 1 amide bonds. The zero-order valence-electron chi connectivity index (χ0n) is 10.4. The molecular formula is C15H13BrFNO. The molecule has 0 aliphatic heterocycles. The first-order chi connectivity index (χ1) is 9.08. The maximum atomic E-state index is 13.0. The van der Waals surface area contributed by atoms with Gasteiger partial charge in [-0.1, -0.05) is 34.1 Å². The van der Waals surface area contributed by atoms with Crippen LogP contribution in [0.15, 0.2) is 46.9 Å². The predicted octanol–water partition coefficient (Wildman–Crippen LogP) is 3.83. The average molecular weight is 322 g/mol. The van der Waals surface area contributed by atoms with Crippen molar-refractivity contribution < 1.29 is 9.18 Å². The highest BCUT2D eigenvalue weighted by Crippen LogP contribution is 2.19. The molecule has 2 rings (SSSR count). The normalized spacial score (nSPS) is 10.3. The molecule has 0 radical (unpaired) electrons. The second-order valence-electron chi connectivity index (χ2n) is 4.22. The predicted molar refractivity (Wildman–Crippen MR) is 76.4 cm³/mol. The second kappa shape index (κ2) is 5.97. The number of nitrogens with one attached hydrogen (secondary N) is 1. The lowest BCUT2D eigenvalue weighted by Crippen LogP contribution is -2.23. The summed E-state index contributed by atoms with van der Waals surface area (Å²) in [6.45, 7) is 2.18. The molecule has 0 unspecified atom stereocenters. The van der Waals surface area contributed by atoms with Gasteiger partial charge in [0.2, 0.25) is 0 Å². The maximum Gasteiger partial charge on any atom is 0.251 e. The summed E-state index contributed by atoms with van der Waals surface area (Å²) in [5.74, 6) is -0.464. The molecule has 0 heterocycles. The molecule has 2 nitrogen and oxygen atoms in total. The molecule has 0 saturated heterocycles. The second-order valence-corrected chi connectivity index (χ2v) is 5.08. The van der Waals surface area contributed by atoms with Crippen LogP contribution in [0.1, 0.15) is 21.5 Å². The van der Waals surface area contributed by atoms with Gasteiger partial charge in [0.05, 0.1) is 0 Å². The topological polar surface area (TPSA) is 29.1 Å². The highest BCUT2D eigenvalue weighted by atomic mass is 79.9. The fourth-order valence-electron chi connectivity index (χ4n) is 1.78.